The van der Waals surface area contributed by atoms with E-state index in [0.717, 1.165) is 31.5 Å². The number of hydrogen-bond donors (Lipinski definition) is 0. The molecule has 0 radical (unpaired) electrons. The third-order valence-electron chi connectivity index (χ3n) is 6.35. The van der Waals surface area contributed by atoms with Gasteiger partial charge in [0.05, 0.1) is 47.5 Å². The molecule has 0 aliphatic carbocycles. The van der Waals surface area contributed by atoms with Crippen molar-refractivity contribution in [3.05, 3.63) is 113 Å². The van der Waals surface area contributed by atoms with Gasteiger partial charge in [-0.25, -0.2) is 13.9 Å². The third kappa shape index (κ3) is 4.67. The first-order valence-electron chi connectivity index (χ1n) is 13.2. The second-order valence-electron chi connectivity index (χ2n) is 8.78. The highest BCUT2D eigenvalue weighted by Crippen LogP contribution is 2.71. The first-order chi connectivity index (χ1) is 21.1. The third-order valence-corrected chi connectivity index (χ3v) is 12.7. The van der Waals surface area contributed by atoms with Crippen LogP contribution < -0.4 is 5.69 Å². The van der Waals surface area contributed by atoms with Crippen molar-refractivity contribution in [2.75, 3.05) is 0 Å². The maximum absolute atomic E-state index is 13.9. The average molecular weight is 661 g/mol. The Morgan fingerprint density at radius 1 is 0.558 bits per heavy atom. The fraction of sp³-hybridized carbons (Fsp3) is 0.0714. The molecule has 8 heterocycles. The van der Waals surface area contributed by atoms with Gasteiger partial charge in [-0.15, -0.1) is 0 Å². The van der Waals surface area contributed by atoms with Crippen molar-refractivity contribution in [1.82, 2.24) is 38.2 Å². The molecule has 1 spiro atoms. The molecule has 0 saturated heterocycles. The van der Waals surface area contributed by atoms with E-state index in [-0.39, 0.29) is 5.69 Å². The molecule has 8 rings (SSSR count). The molecule has 2 aliphatic rings. The number of rotatable bonds is 4. The summed E-state index contributed by atoms with van der Waals surface area (Å²) in [6.45, 7) is 4.00. The van der Waals surface area contributed by atoms with E-state index >= 15 is 0 Å². The van der Waals surface area contributed by atoms with Crippen molar-refractivity contribution in [2.45, 2.75) is 34.0 Å². The van der Waals surface area contributed by atoms with Gasteiger partial charge in [-0.1, -0.05) is 16.0 Å². The van der Waals surface area contributed by atoms with Crippen LogP contribution in [0.4, 0.5) is 0 Å². The van der Waals surface area contributed by atoms with Gasteiger partial charge >= 0.3 is 5.69 Å². The molecule has 0 N–H and O–H groups in total. The zero-order chi connectivity index (χ0) is 29.6. The highest BCUT2D eigenvalue weighted by atomic mass is 32.3. The molecule has 0 bridgehead atoms. The minimum absolute atomic E-state index is 0.168. The van der Waals surface area contributed by atoms with E-state index < -0.39 is 0 Å². The summed E-state index contributed by atoms with van der Waals surface area (Å²) in [6, 6.07) is 15.3. The van der Waals surface area contributed by atoms with E-state index in [0.29, 0.717) is 18.3 Å². The van der Waals surface area contributed by atoms with Crippen molar-refractivity contribution >= 4 is 60.0 Å². The Hall–Kier alpha value is -3.60. The minimum atomic E-state index is -0.168. The van der Waals surface area contributed by atoms with Gasteiger partial charge in [-0.05, 0) is 60.7 Å². The normalized spacial score (nSPS) is 14.3. The number of aromatic nitrogens is 8. The first-order valence-corrected chi connectivity index (χ1v) is 16.7. The Balaban J connectivity index is 0.00000147. The Morgan fingerprint density at radius 2 is 0.860 bits per heavy atom. The van der Waals surface area contributed by atoms with Crippen molar-refractivity contribution in [3.8, 4) is 22.7 Å². The fourth-order valence-corrected chi connectivity index (χ4v) is 11.6. The Labute approximate surface area is 269 Å². The van der Waals surface area contributed by atoms with Gasteiger partial charge in [0.1, 0.15) is 0 Å². The lowest BCUT2D eigenvalue weighted by Gasteiger charge is -2.18. The van der Waals surface area contributed by atoms with Crippen LogP contribution >= 0.6 is 60.0 Å². The highest BCUT2D eigenvalue weighted by Gasteiger charge is 2.58. The van der Waals surface area contributed by atoms with Crippen LogP contribution in [0.3, 0.4) is 0 Å². The Bertz CT molecular complexity index is 1750. The molecule has 6 aromatic heterocycles. The van der Waals surface area contributed by atoms with Gasteiger partial charge in [0, 0.05) is 24.8 Å². The second-order valence-corrected chi connectivity index (χ2v) is 15.0. The molecular formula is C28H22N9OS5+. The molecule has 2 aliphatic heterocycles. The van der Waals surface area contributed by atoms with Gasteiger partial charge in [-0.3, -0.25) is 29.1 Å². The summed E-state index contributed by atoms with van der Waals surface area (Å²) in [4.78, 5) is 31.1. The molecule has 0 fully saturated rings. The molecule has 43 heavy (non-hydrogen) atoms. The zero-order valence-corrected chi connectivity index (χ0v) is 26.8. The Morgan fingerprint density at radius 3 is 1.16 bits per heavy atom. The molecule has 0 atom stereocenters. The van der Waals surface area contributed by atoms with Gasteiger partial charge in [0.15, 0.2) is 72.7 Å². The van der Waals surface area contributed by atoms with Gasteiger partial charge < -0.3 is 0 Å². The lowest BCUT2D eigenvalue weighted by molar-refractivity contribution is -0.268. The molecule has 214 valence electrons. The average Bonchev–Trinajstić information content (AvgIpc) is 3.74. The van der Waals surface area contributed by atoms with E-state index in [1.807, 2.05) is 74.8 Å². The van der Waals surface area contributed by atoms with E-state index in [2.05, 4.69) is 29.1 Å². The fourth-order valence-electron chi connectivity index (χ4n) is 4.64. The van der Waals surface area contributed by atoms with Crippen LogP contribution in [-0.2, 0) is 0 Å². The van der Waals surface area contributed by atoms with Crippen molar-refractivity contribution in [3.63, 3.8) is 0 Å². The lowest BCUT2D eigenvalue weighted by atomic mass is 10.4. The van der Waals surface area contributed by atoms with Crippen LogP contribution in [0.25, 0.3) is 22.7 Å². The summed E-state index contributed by atoms with van der Waals surface area (Å²) in [5.41, 5.74) is 2.99. The number of imidazole rings is 2. The molecule has 0 amide bonds. The van der Waals surface area contributed by atoms with Crippen LogP contribution in [0.2, 0.25) is 0 Å². The maximum atomic E-state index is 13.9. The summed E-state index contributed by atoms with van der Waals surface area (Å²) in [6.07, 6.45) is 13.9. The number of hydrogen-bond acceptors (Lipinski definition) is 10. The highest BCUT2D eigenvalue weighted by molar-refractivity contribution is 8.31. The van der Waals surface area contributed by atoms with Gasteiger partial charge in [-0.2, -0.15) is 0 Å². The van der Waals surface area contributed by atoms with Crippen LogP contribution in [-0.4, -0.2) is 40.3 Å². The zero-order valence-electron chi connectivity index (χ0n) is 22.7. The van der Waals surface area contributed by atoms with E-state index in [9.17, 15) is 4.79 Å². The molecule has 0 saturated carbocycles. The van der Waals surface area contributed by atoms with Crippen molar-refractivity contribution in [1.29, 1.82) is 0 Å². The molecule has 6 aromatic rings. The van der Waals surface area contributed by atoms with E-state index in [1.165, 1.54) is 0 Å². The predicted octanol–water partition coefficient (Wildman–Crippen LogP) is 7.12. The SMILES string of the molecule is CC.O=c1n(-c2cccnc2)c2c(n1-c1cccnc1)S[N+]1(S2)Sc2c(n(-c3cccnc3)c(=S)n2-c2cccnc2)S1. The van der Waals surface area contributed by atoms with Crippen LogP contribution in [0, 0.1) is 4.77 Å². The standard InChI is InChI=1S/C26H16N9OS5.C2H6/c36-25-31(17-5-1-9-27-13-17)21-22(32(25)18-6-2-10-28-14-18)39-35(38-21)40-23-24(41-35)34(20-8-4-12-30-16-20)26(37)33(23)19-7-3-11-29-15-19;1-2/h1-16H;1-2H3/q+1;. The molecule has 10 nitrogen and oxygen atoms in total. The van der Waals surface area contributed by atoms with Crippen LogP contribution in [0.15, 0.2) is 123 Å². The second kappa shape index (κ2) is 11.5. The van der Waals surface area contributed by atoms with Crippen molar-refractivity contribution < 1.29 is 2.10 Å². The topological polar surface area (TPSA) is 88.4 Å². The van der Waals surface area contributed by atoms with Crippen LogP contribution in [0.1, 0.15) is 13.8 Å². The Kier molecular flexibility index (Phi) is 7.53. The summed E-state index contributed by atoms with van der Waals surface area (Å²) in [7, 11) is 0. The van der Waals surface area contributed by atoms with Gasteiger partial charge in [0.2, 0.25) is 0 Å². The largest absolute Gasteiger partial charge is 0.339 e. The van der Waals surface area contributed by atoms with E-state index in [4.69, 9.17) is 12.2 Å². The van der Waals surface area contributed by atoms with Crippen LogP contribution in [0.5, 0.6) is 0 Å². The maximum Gasteiger partial charge on any atom is 0.339 e. The number of pyridine rings is 4. The summed E-state index contributed by atoms with van der Waals surface area (Å²) in [5.74, 6) is 0. The number of fused-ring (bicyclic) bond motifs is 2. The summed E-state index contributed by atoms with van der Waals surface area (Å²) >= 11 is 12.6. The lowest BCUT2D eigenvalue weighted by Crippen LogP contribution is -2.24. The monoisotopic (exact) mass is 660 g/mol. The minimum Gasteiger partial charge on any atom is -0.272 e. The molecular weight excluding hydrogens is 639 g/mol. The first kappa shape index (κ1) is 28.2. The molecule has 0 aromatic carbocycles. The number of nitrogens with zero attached hydrogens (tertiary/aromatic N) is 9. The predicted molar refractivity (Wildman–Crippen MR) is 174 cm³/mol. The smallest absolute Gasteiger partial charge is 0.272 e. The van der Waals surface area contributed by atoms with Gasteiger partial charge in [0.25, 0.3) is 0 Å². The summed E-state index contributed by atoms with van der Waals surface area (Å²) in [5, 5.41) is 3.65. The molecule has 15 heteroatoms. The quantitative estimate of drug-likeness (QED) is 0.111. The molecule has 0 unspecified atom stereocenters. The van der Waals surface area contributed by atoms with E-state index in [1.54, 1.807) is 94.1 Å². The van der Waals surface area contributed by atoms with Crippen molar-refractivity contribution in [2.24, 2.45) is 0 Å². The number of quaternary nitrogens is 1. The summed E-state index contributed by atoms with van der Waals surface area (Å²) < 4.78 is 8.62.